The van der Waals surface area contributed by atoms with Gasteiger partial charge in [0.05, 0.1) is 26.9 Å². The Hall–Kier alpha value is -4.87. The first-order valence-electron chi connectivity index (χ1n) is 13.3. The molecule has 0 saturated heterocycles. The minimum atomic E-state index is 0.716. The van der Waals surface area contributed by atoms with E-state index in [1.54, 1.807) is 11.3 Å². The summed E-state index contributed by atoms with van der Waals surface area (Å²) >= 11 is 1.74. The highest BCUT2D eigenvalue weighted by Gasteiger charge is 2.18. The molecule has 0 fully saturated rings. The number of benzene rings is 3. The summed E-state index contributed by atoms with van der Waals surface area (Å²) < 4.78 is 3.55. The second kappa shape index (κ2) is 10.4. The summed E-state index contributed by atoms with van der Waals surface area (Å²) in [4.78, 5) is 14.4. The lowest BCUT2D eigenvalue weighted by Gasteiger charge is -2.11. The van der Waals surface area contributed by atoms with Crippen LogP contribution in [-0.4, -0.2) is 19.5 Å². The number of pyridine rings is 2. The Labute approximate surface area is 236 Å². The van der Waals surface area contributed by atoms with E-state index in [1.807, 2.05) is 42.7 Å². The van der Waals surface area contributed by atoms with Crippen LogP contribution in [0.25, 0.3) is 53.9 Å². The minimum Gasteiger partial charge on any atom is -0.309 e. The fourth-order valence-corrected chi connectivity index (χ4v) is 6.24. The Kier molecular flexibility index (Phi) is 6.27. The van der Waals surface area contributed by atoms with Gasteiger partial charge in [0.25, 0.3) is 0 Å². The van der Waals surface area contributed by atoms with Crippen molar-refractivity contribution in [2.75, 3.05) is 0 Å². The maximum Gasteiger partial charge on any atom is 0.124 e. The number of allylic oxidation sites excluding steroid dienone is 4. The fraction of sp³-hybridized carbons (Fsp3) is 0.0571. The molecule has 3 aromatic carbocycles. The highest BCUT2D eigenvalue weighted by atomic mass is 32.1. The Bertz CT molecular complexity index is 2020. The summed E-state index contributed by atoms with van der Waals surface area (Å²) in [6, 6.07) is 35.6. The molecule has 4 nitrogen and oxygen atoms in total. The van der Waals surface area contributed by atoms with Gasteiger partial charge in [-0.2, -0.15) is 0 Å². The van der Waals surface area contributed by atoms with Crippen molar-refractivity contribution in [1.82, 2.24) is 19.5 Å². The zero-order chi connectivity index (χ0) is 26.9. The summed E-state index contributed by atoms with van der Waals surface area (Å²) in [5, 5.41) is 3.41. The molecule has 4 aromatic heterocycles. The number of aromatic nitrogens is 4. The van der Waals surface area contributed by atoms with Crippen molar-refractivity contribution in [2.45, 2.75) is 13.3 Å². The molecule has 7 rings (SSSR count). The smallest absolute Gasteiger partial charge is 0.124 e. The molecule has 0 saturated carbocycles. The number of hydrogen-bond donors (Lipinski definition) is 0. The van der Waals surface area contributed by atoms with Gasteiger partial charge in [-0.3, -0.25) is 9.97 Å². The van der Waals surface area contributed by atoms with Gasteiger partial charge in [-0.05, 0) is 61.0 Å². The second-order valence-corrected chi connectivity index (χ2v) is 10.8. The molecule has 0 radical (unpaired) electrons. The van der Waals surface area contributed by atoms with Gasteiger partial charge in [-0.15, -0.1) is 11.3 Å². The summed E-state index contributed by atoms with van der Waals surface area (Å²) in [5.74, 6) is 0. The first-order chi connectivity index (χ1) is 19.8. The third kappa shape index (κ3) is 4.40. The largest absolute Gasteiger partial charge is 0.309 e. The zero-order valence-corrected chi connectivity index (χ0v) is 22.8. The molecular formula is C35H26N4S. The van der Waals surface area contributed by atoms with Crippen molar-refractivity contribution in [3.8, 4) is 10.6 Å². The monoisotopic (exact) mass is 534 g/mol. The number of nitrogens with zero attached hydrogens (tertiary/aromatic N) is 4. The van der Waals surface area contributed by atoms with Crippen molar-refractivity contribution in [3.63, 3.8) is 0 Å². The van der Waals surface area contributed by atoms with Crippen LogP contribution in [0.15, 0.2) is 128 Å². The maximum atomic E-state index is 5.19. The summed E-state index contributed by atoms with van der Waals surface area (Å²) in [5.41, 5.74) is 8.64. The van der Waals surface area contributed by atoms with Crippen LogP contribution in [0.1, 0.15) is 18.3 Å². The Balaban J connectivity index is 1.48. The number of hydrogen-bond acceptors (Lipinski definition) is 4. The van der Waals surface area contributed by atoms with E-state index >= 15 is 0 Å². The molecule has 0 spiro atoms. The zero-order valence-electron chi connectivity index (χ0n) is 22.0. The van der Waals surface area contributed by atoms with E-state index in [-0.39, 0.29) is 0 Å². The summed E-state index contributed by atoms with van der Waals surface area (Å²) in [7, 11) is 0. The van der Waals surface area contributed by atoms with Crippen LogP contribution in [0.5, 0.6) is 0 Å². The molecule has 4 heterocycles. The Morgan fingerprint density at radius 2 is 1.55 bits per heavy atom. The van der Waals surface area contributed by atoms with Gasteiger partial charge in [0.15, 0.2) is 0 Å². The van der Waals surface area contributed by atoms with E-state index in [9.17, 15) is 0 Å². The molecular weight excluding hydrogens is 508 g/mol. The van der Waals surface area contributed by atoms with Crippen LogP contribution in [0.4, 0.5) is 0 Å². The molecule has 0 aliphatic carbocycles. The molecule has 40 heavy (non-hydrogen) atoms. The molecule has 7 aromatic rings. The Morgan fingerprint density at radius 1 is 0.775 bits per heavy atom. The van der Waals surface area contributed by atoms with Crippen molar-refractivity contribution in [3.05, 3.63) is 139 Å². The summed E-state index contributed by atoms with van der Waals surface area (Å²) in [6.07, 6.45) is 8.90. The standard InChI is InChI=1S/C35H26N4S/c1-24(29-15-8-10-22-37-29)23-27(18-17-26-13-7-9-21-36-26)39-30-16-6-5-14-28(30)33-31(39)19-20-32-34(33)38-35(40-32)25-11-3-2-4-12-25/h2-16,18-23H,17H2,1H3/b24-23+,27-18+. The predicted molar refractivity (Wildman–Crippen MR) is 168 cm³/mol. The quantitative estimate of drug-likeness (QED) is 0.200. The third-order valence-corrected chi connectivity index (χ3v) is 8.22. The average molecular weight is 535 g/mol. The minimum absolute atomic E-state index is 0.716. The van der Waals surface area contributed by atoms with Crippen molar-refractivity contribution < 1.29 is 0 Å². The van der Waals surface area contributed by atoms with Gasteiger partial charge < -0.3 is 4.57 Å². The van der Waals surface area contributed by atoms with Gasteiger partial charge in [0, 0.05) is 46.5 Å². The number of para-hydroxylation sites is 1. The highest BCUT2D eigenvalue weighted by Crippen LogP contribution is 2.40. The van der Waals surface area contributed by atoms with E-state index in [0.717, 1.165) is 49.8 Å². The Morgan fingerprint density at radius 3 is 2.35 bits per heavy atom. The van der Waals surface area contributed by atoms with E-state index in [2.05, 4.69) is 106 Å². The van der Waals surface area contributed by atoms with Crippen LogP contribution in [0.2, 0.25) is 0 Å². The molecule has 0 unspecified atom stereocenters. The lowest BCUT2D eigenvalue weighted by atomic mass is 10.1. The van der Waals surface area contributed by atoms with Gasteiger partial charge in [0.1, 0.15) is 5.01 Å². The molecule has 0 aliphatic heterocycles. The third-order valence-electron chi connectivity index (χ3n) is 7.15. The van der Waals surface area contributed by atoms with Gasteiger partial charge in [-0.1, -0.05) is 66.7 Å². The van der Waals surface area contributed by atoms with E-state index in [1.165, 1.54) is 15.5 Å². The number of rotatable bonds is 6. The average Bonchev–Trinajstić information content (AvgIpc) is 3.60. The number of fused-ring (bicyclic) bond motifs is 5. The van der Waals surface area contributed by atoms with Crippen molar-refractivity contribution in [1.29, 1.82) is 0 Å². The molecule has 5 heteroatoms. The van der Waals surface area contributed by atoms with Crippen LogP contribution in [0, 0.1) is 0 Å². The van der Waals surface area contributed by atoms with Crippen LogP contribution < -0.4 is 0 Å². The van der Waals surface area contributed by atoms with Gasteiger partial charge in [-0.25, -0.2) is 4.98 Å². The lowest BCUT2D eigenvalue weighted by molar-refractivity contribution is 1.10. The van der Waals surface area contributed by atoms with Crippen molar-refractivity contribution >= 4 is 54.6 Å². The first-order valence-corrected chi connectivity index (χ1v) is 14.2. The van der Waals surface area contributed by atoms with Crippen LogP contribution in [-0.2, 0) is 6.42 Å². The molecule has 0 aliphatic rings. The van der Waals surface area contributed by atoms with E-state index in [0.29, 0.717) is 6.42 Å². The summed E-state index contributed by atoms with van der Waals surface area (Å²) in [6.45, 7) is 2.12. The SMILES string of the molecule is C/C(=C\C(=C/Cc1ccccn1)n1c2ccccc2c2c3nc(-c4ccccc4)sc3ccc21)c1ccccn1. The van der Waals surface area contributed by atoms with Gasteiger partial charge >= 0.3 is 0 Å². The van der Waals surface area contributed by atoms with Crippen LogP contribution in [0.3, 0.4) is 0 Å². The molecule has 0 N–H and O–H groups in total. The normalized spacial score (nSPS) is 12.5. The molecule has 192 valence electrons. The van der Waals surface area contributed by atoms with Crippen LogP contribution >= 0.6 is 11.3 Å². The lowest BCUT2D eigenvalue weighted by Crippen LogP contribution is -1.98. The topological polar surface area (TPSA) is 43.6 Å². The first kappa shape index (κ1) is 24.2. The van der Waals surface area contributed by atoms with Crippen molar-refractivity contribution in [2.24, 2.45) is 0 Å². The molecule has 0 bridgehead atoms. The maximum absolute atomic E-state index is 5.19. The second-order valence-electron chi connectivity index (χ2n) is 9.74. The predicted octanol–water partition coefficient (Wildman–Crippen LogP) is 9.05. The van der Waals surface area contributed by atoms with E-state index < -0.39 is 0 Å². The molecule has 0 amide bonds. The van der Waals surface area contributed by atoms with E-state index in [4.69, 9.17) is 4.98 Å². The van der Waals surface area contributed by atoms with Gasteiger partial charge in [0.2, 0.25) is 0 Å². The highest BCUT2D eigenvalue weighted by molar-refractivity contribution is 7.21. The number of thiazole rings is 1. The fourth-order valence-electron chi connectivity index (χ4n) is 5.26. The molecule has 0 atom stereocenters.